The maximum atomic E-state index is 13.2. The van der Waals surface area contributed by atoms with Crippen molar-refractivity contribution >= 4 is 11.6 Å². The molecule has 0 bridgehead atoms. The summed E-state index contributed by atoms with van der Waals surface area (Å²) in [6, 6.07) is 5.80. The second-order valence-corrected chi connectivity index (χ2v) is 5.43. The van der Waals surface area contributed by atoms with Crippen molar-refractivity contribution in [3.63, 3.8) is 0 Å². The lowest BCUT2D eigenvalue weighted by molar-refractivity contribution is 0.557. The standard InChI is InChI=1S/C16H12ClF2N3/c1-9-8-12(19)6-7-13(9)15-20-14(21-16(17)22-15)10-2-4-11(18)5-3-10/h2-9,13H,1H3. The van der Waals surface area contributed by atoms with Crippen LogP contribution >= 0.6 is 11.6 Å². The van der Waals surface area contributed by atoms with E-state index >= 15 is 0 Å². The molecule has 0 saturated heterocycles. The lowest BCUT2D eigenvalue weighted by Gasteiger charge is -2.20. The van der Waals surface area contributed by atoms with Crippen LogP contribution in [0.5, 0.6) is 0 Å². The van der Waals surface area contributed by atoms with E-state index in [2.05, 4.69) is 15.0 Å². The highest BCUT2D eigenvalue weighted by atomic mass is 35.5. The Balaban J connectivity index is 2.00. The van der Waals surface area contributed by atoms with Crippen LogP contribution in [0.4, 0.5) is 8.78 Å². The summed E-state index contributed by atoms with van der Waals surface area (Å²) >= 11 is 5.98. The first-order valence-electron chi connectivity index (χ1n) is 6.76. The molecule has 0 N–H and O–H groups in total. The molecule has 0 spiro atoms. The molecular weight excluding hydrogens is 308 g/mol. The molecule has 2 atom stereocenters. The van der Waals surface area contributed by atoms with E-state index in [0.29, 0.717) is 17.2 Å². The molecule has 0 fully saturated rings. The Morgan fingerprint density at radius 2 is 1.77 bits per heavy atom. The highest BCUT2D eigenvalue weighted by Gasteiger charge is 2.23. The fourth-order valence-electron chi connectivity index (χ4n) is 2.34. The summed E-state index contributed by atoms with van der Waals surface area (Å²) in [6.45, 7) is 1.88. The Labute approximate surface area is 131 Å². The van der Waals surface area contributed by atoms with Gasteiger partial charge in [0, 0.05) is 11.5 Å². The van der Waals surface area contributed by atoms with Crippen LogP contribution in [0, 0.1) is 11.7 Å². The van der Waals surface area contributed by atoms with Gasteiger partial charge in [0.15, 0.2) is 5.82 Å². The lowest BCUT2D eigenvalue weighted by Crippen LogP contribution is -2.13. The summed E-state index contributed by atoms with van der Waals surface area (Å²) < 4.78 is 26.3. The molecule has 112 valence electrons. The van der Waals surface area contributed by atoms with E-state index < -0.39 is 0 Å². The van der Waals surface area contributed by atoms with E-state index in [1.807, 2.05) is 6.92 Å². The first-order valence-corrected chi connectivity index (χ1v) is 7.13. The summed E-state index contributed by atoms with van der Waals surface area (Å²) in [4.78, 5) is 12.6. The number of hydrogen-bond donors (Lipinski definition) is 0. The zero-order valence-corrected chi connectivity index (χ0v) is 12.4. The fraction of sp³-hybridized carbons (Fsp3) is 0.188. The van der Waals surface area contributed by atoms with Crippen molar-refractivity contribution in [2.24, 2.45) is 5.92 Å². The maximum Gasteiger partial charge on any atom is 0.226 e. The van der Waals surface area contributed by atoms with Crippen molar-refractivity contribution in [2.45, 2.75) is 12.8 Å². The normalized spacial score (nSPS) is 20.8. The molecule has 3 rings (SSSR count). The molecule has 1 aliphatic carbocycles. The topological polar surface area (TPSA) is 38.7 Å². The van der Waals surface area contributed by atoms with E-state index in [4.69, 9.17) is 11.6 Å². The van der Waals surface area contributed by atoms with Gasteiger partial charge in [-0.25, -0.2) is 18.7 Å². The van der Waals surface area contributed by atoms with Gasteiger partial charge in [0.2, 0.25) is 5.28 Å². The Morgan fingerprint density at radius 3 is 2.45 bits per heavy atom. The molecule has 2 unspecified atom stereocenters. The van der Waals surface area contributed by atoms with Gasteiger partial charge in [-0.15, -0.1) is 0 Å². The summed E-state index contributed by atoms with van der Waals surface area (Å²) in [7, 11) is 0. The number of benzene rings is 1. The Bertz CT molecular complexity index is 756. The molecule has 3 nitrogen and oxygen atoms in total. The van der Waals surface area contributed by atoms with Crippen LogP contribution in [-0.4, -0.2) is 15.0 Å². The lowest BCUT2D eigenvalue weighted by atomic mass is 9.89. The molecule has 1 aliphatic rings. The third-order valence-corrected chi connectivity index (χ3v) is 3.65. The van der Waals surface area contributed by atoms with Gasteiger partial charge < -0.3 is 0 Å². The van der Waals surface area contributed by atoms with Gasteiger partial charge in [-0.2, -0.15) is 4.98 Å². The minimum Gasteiger partial charge on any atom is -0.212 e. The first kappa shape index (κ1) is 14.8. The Morgan fingerprint density at radius 1 is 1.05 bits per heavy atom. The van der Waals surface area contributed by atoms with E-state index in [1.165, 1.54) is 24.3 Å². The van der Waals surface area contributed by atoms with Crippen LogP contribution in [0.2, 0.25) is 5.28 Å². The largest absolute Gasteiger partial charge is 0.226 e. The van der Waals surface area contributed by atoms with Crippen molar-refractivity contribution in [3.05, 3.63) is 65.2 Å². The number of rotatable bonds is 2. The summed E-state index contributed by atoms with van der Waals surface area (Å²) in [5.41, 5.74) is 0.640. The SMILES string of the molecule is CC1C=C(F)C=CC1c1nc(Cl)nc(-c2ccc(F)cc2)n1. The number of aromatic nitrogens is 3. The molecule has 1 heterocycles. The highest BCUT2D eigenvalue weighted by Crippen LogP contribution is 2.31. The summed E-state index contributed by atoms with van der Waals surface area (Å²) in [5.74, 6) is -0.0579. The first-order chi connectivity index (χ1) is 10.5. The third kappa shape index (κ3) is 3.04. The summed E-state index contributed by atoms with van der Waals surface area (Å²) in [6.07, 6.45) is 4.61. The molecule has 2 aromatic rings. The monoisotopic (exact) mass is 319 g/mol. The predicted molar refractivity (Wildman–Crippen MR) is 80.5 cm³/mol. The highest BCUT2D eigenvalue weighted by molar-refractivity contribution is 6.28. The molecule has 22 heavy (non-hydrogen) atoms. The second-order valence-electron chi connectivity index (χ2n) is 5.09. The van der Waals surface area contributed by atoms with Gasteiger partial charge in [-0.3, -0.25) is 0 Å². The minimum absolute atomic E-state index is 0.0555. The number of hydrogen-bond acceptors (Lipinski definition) is 3. The Kier molecular flexibility index (Phi) is 3.98. The van der Waals surface area contributed by atoms with Crippen molar-refractivity contribution in [3.8, 4) is 11.4 Å². The average Bonchev–Trinajstić information content (AvgIpc) is 2.47. The Hall–Kier alpha value is -2.14. The van der Waals surface area contributed by atoms with Crippen LogP contribution in [0.3, 0.4) is 0 Å². The number of allylic oxidation sites excluding steroid dienone is 4. The third-order valence-electron chi connectivity index (χ3n) is 3.48. The molecular formula is C16H12ClF2N3. The van der Waals surface area contributed by atoms with Gasteiger partial charge in [-0.05, 0) is 53.9 Å². The van der Waals surface area contributed by atoms with Crippen LogP contribution in [0.1, 0.15) is 18.7 Å². The van der Waals surface area contributed by atoms with Gasteiger partial charge in [0.1, 0.15) is 17.5 Å². The smallest absolute Gasteiger partial charge is 0.212 e. The zero-order chi connectivity index (χ0) is 15.7. The zero-order valence-electron chi connectivity index (χ0n) is 11.7. The average molecular weight is 320 g/mol. The van der Waals surface area contributed by atoms with Crippen molar-refractivity contribution in [1.82, 2.24) is 15.0 Å². The molecule has 0 aliphatic heterocycles. The van der Waals surface area contributed by atoms with Gasteiger partial charge in [0.25, 0.3) is 0 Å². The van der Waals surface area contributed by atoms with Crippen LogP contribution < -0.4 is 0 Å². The number of nitrogens with zero attached hydrogens (tertiary/aromatic N) is 3. The molecule has 6 heteroatoms. The van der Waals surface area contributed by atoms with E-state index in [0.717, 1.165) is 0 Å². The molecule has 0 saturated carbocycles. The van der Waals surface area contributed by atoms with Crippen LogP contribution in [0.25, 0.3) is 11.4 Å². The van der Waals surface area contributed by atoms with E-state index in [-0.39, 0.29) is 28.8 Å². The van der Waals surface area contributed by atoms with Gasteiger partial charge in [0.05, 0.1) is 0 Å². The van der Waals surface area contributed by atoms with E-state index in [9.17, 15) is 8.78 Å². The van der Waals surface area contributed by atoms with Crippen molar-refractivity contribution in [1.29, 1.82) is 0 Å². The molecule has 0 amide bonds. The molecule has 1 aromatic carbocycles. The fourth-order valence-corrected chi connectivity index (χ4v) is 2.51. The van der Waals surface area contributed by atoms with Crippen LogP contribution in [-0.2, 0) is 0 Å². The quantitative estimate of drug-likeness (QED) is 0.819. The minimum atomic E-state index is -0.339. The molecule has 0 radical (unpaired) electrons. The van der Waals surface area contributed by atoms with Crippen LogP contribution in [0.15, 0.2) is 48.3 Å². The summed E-state index contributed by atoms with van der Waals surface area (Å²) in [5, 5.41) is 0.0555. The van der Waals surface area contributed by atoms with Gasteiger partial charge in [-0.1, -0.05) is 13.0 Å². The second kappa shape index (κ2) is 5.93. The maximum absolute atomic E-state index is 13.2. The van der Waals surface area contributed by atoms with Crippen molar-refractivity contribution in [2.75, 3.05) is 0 Å². The van der Waals surface area contributed by atoms with Gasteiger partial charge >= 0.3 is 0 Å². The number of halogens is 3. The van der Waals surface area contributed by atoms with E-state index in [1.54, 1.807) is 18.2 Å². The molecule has 1 aromatic heterocycles. The van der Waals surface area contributed by atoms with Crippen molar-refractivity contribution < 1.29 is 8.78 Å². The predicted octanol–water partition coefficient (Wildman–Crippen LogP) is 4.47.